The maximum Gasteiger partial charge on any atom is 0.267 e. The van der Waals surface area contributed by atoms with Gasteiger partial charge < -0.3 is 0 Å². The van der Waals surface area contributed by atoms with Gasteiger partial charge in [0.05, 0.1) is 11.9 Å². The molecular weight excluding hydrogens is 262 g/mol. The quantitative estimate of drug-likeness (QED) is 0.933. The first-order valence-electron chi connectivity index (χ1n) is 6.05. The van der Waals surface area contributed by atoms with Crippen molar-refractivity contribution in [2.24, 2.45) is 0 Å². The van der Waals surface area contributed by atoms with Crippen LogP contribution in [0.5, 0.6) is 0 Å². The number of hydrogen-bond acceptors (Lipinski definition) is 3. The molecule has 102 valence electrons. The summed E-state index contributed by atoms with van der Waals surface area (Å²) in [5.41, 5.74) is 2.76. The molecule has 0 amide bonds. The molecule has 0 spiro atoms. The first kappa shape index (κ1) is 13.6. The van der Waals surface area contributed by atoms with Gasteiger partial charge in [0.15, 0.2) is 0 Å². The Morgan fingerprint density at radius 3 is 2.32 bits per heavy atom. The van der Waals surface area contributed by atoms with E-state index in [0.29, 0.717) is 12.2 Å². The molecule has 6 heteroatoms. The van der Waals surface area contributed by atoms with Gasteiger partial charge in [-0.25, -0.2) is 8.42 Å². The Kier molecular flexibility index (Phi) is 3.61. The first-order chi connectivity index (χ1) is 8.95. The summed E-state index contributed by atoms with van der Waals surface area (Å²) in [6, 6.07) is 5.75. The molecule has 0 aliphatic heterocycles. The van der Waals surface area contributed by atoms with E-state index in [1.807, 2.05) is 39.0 Å². The van der Waals surface area contributed by atoms with Crippen molar-refractivity contribution in [1.29, 1.82) is 0 Å². The fourth-order valence-electron chi connectivity index (χ4n) is 2.09. The molecule has 1 heterocycles. The third kappa shape index (κ3) is 2.63. The fourth-order valence-corrected chi connectivity index (χ4v) is 3.46. The molecule has 1 N–H and O–H groups in total. The molecule has 0 aliphatic rings. The molecule has 2 aromatic rings. The Hall–Kier alpha value is -1.82. The number of aromatic nitrogens is 2. The molecule has 0 bridgehead atoms. The number of anilines is 1. The van der Waals surface area contributed by atoms with Gasteiger partial charge in [0.2, 0.25) is 0 Å². The highest BCUT2D eigenvalue weighted by Crippen LogP contribution is 2.24. The number of nitrogens with zero attached hydrogens (tertiary/aromatic N) is 2. The van der Waals surface area contributed by atoms with Crippen molar-refractivity contribution in [3.05, 3.63) is 41.7 Å². The second-order valence-corrected chi connectivity index (χ2v) is 6.31. The van der Waals surface area contributed by atoms with Crippen LogP contribution in [0.1, 0.15) is 18.1 Å². The molecule has 2 rings (SSSR count). The number of nitrogens with one attached hydrogen (secondary N) is 1. The summed E-state index contributed by atoms with van der Waals surface area (Å²) in [4.78, 5) is 0.175. The standard InChI is InChI=1S/C13H17N3O2S/c1-4-16(12-6-10(2)5-11(3)7-12)19(17,18)13-8-14-15-9-13/h5-9H,4H2,1-3H3,(H,14,15). The molecule has 0 aliphatic carbocycles. The van der Waals surface area contributed by atoms with Crippen LogP contribution in [0.2, 0.25) is 0 Å². The number of hydrogen-bond donors (Lipinski definition) is 1. The Balaban J connectivity index is 2.51. The van der Waals surface area contributed by atoms with E-state index < -0.39 is 10.0 Å². The van der Waals surface area contributed by atoms with Crippen molar-refractivity contribution in [3.8, 4) is 0 Å². The lowest BCUT2D eigenvalue weighted by atomic mass is 10.1. The Morgan fingerprint density at radius 2 is 1.84 bits per heavy atom. The molecule has 1 aromatic carbocycles. The van der Waals surface area contributed by atoms with E-state index in [1.54, 1.807) is 0 Å². The monoisotopic (exact) mass is 279 g/mol. The summed E-state index contributed by atoms with van der Waals surface area (Å²) in [5, 5.41) is 6.24. The van der Waals surface area contributed by atoms with Crippen molar-refractivity contribution in [1.82, 2.24) is 10.2 Å². The van der Waals surface area contributed by atoms with E-state index >= 15 is 0 Å². The summed E-state index contributed by atoms with van der Waals surface area (Å²) >= 11 is 0. The van der Waals surface area contributed by atoms with Crippen molar-refractivity contribution < 1.29 is 8.42 Å². The first-order valence-corrected chi connectivity index (χ1v) is 7.49. The molecule has 5 nitrogen and oxygen atoms in total. The van der Waals surface area contributed by atoms with Crippen molar-refractivity contribution in [2.45, 2.75) is 25.7 Å². The van der Waals surface area contributed by atoms with E-state index in [0.717, 1.165) is 11.1 Å². The summed E-state index contributed by atoms with van der Waals surface area (Å²) in [6.45, 7) is 6.09. The number of rotatable bonds is 4. The van der Waals surface area contributed by atoms with Gasteiger partial charge in [0.1, 0.15) is 4.90 Å². The molecule has 0 saturated carbocycles. The fraction of sp³-hybridized carbons (Fsp3) is 0.308. The second kappa shape index (κ2) is 5.05. The van der Waals surface area contributed by atoms with Gasteiger partial charge in [-0.05, 0) is 44.0 Å². The Labute approximate surface area is 113 Å². The van der Waals surface area contributed by atoms with Crippen molar-refractivity contribution in [3.63, 3.8) is 0 Å². The van der Waals surface area contributed by atoms with Gasteiger partial charge in [0.25, 0.3) is 10.0 Å². The van der Waals surface area contributed by atoms with Crippen molar-refractivity contribution >= 4 is 15.7 Å². The van der Waals surface area contributed by atoms with E-state index in [4.69, 9.17) is 0 Å². The lowest BCUT2D eigenvalue weighted by Gasteiger charge is -2.22. The average Bonchev–Trinajstić information content (AvgIpc) is 2.81. The van der Waals surface area contributed by atoms with E-state index in [1.165, 1.54) is 16.7 Å². The lowest BCUT2D eigenvalue weighted by Crippen LogP contribution is -2.30. The van der Waals surface area contributed by atoms with Crippen LogP contribution >= 0.6 is 0 Å². The second-order valence-electron chi connectivity index (χ2n) is 4.45. The van der Waals surface area contributed by atoms with Crippen LogP contribution in [0.15, 0.2) is 35.5 Å². The zero-order valence-corrected chi connectivity index (χ0v) is 12.0. The third-order valence-corrected chi connectivity index (χ3v) is 4.71. The van der Waals surface area contributed by atoms with Gasteiger partial charge >= 0.3 is 0 Å². The van der Waals surface area contributed by atoms with Crippen LogP contribution in [-0.4, -0.2) is 25.2 Å². The summed E-state index contributed by atoms with van der Waals surface area (Å²) < 4.78 is 26.4. The number of H-pyrrole nitrogens is 1. The minimum Gasteiger partial charge on any atom is -0.284 e. The SMILES string of the molecule is CCN(c1cc(C)cc(C)c1)S(=O)(=O)c1cn[nH]c1. The van der Waals surface area contributed by atoms with Crippen LogP contribution in [0.25, 0.3) is 0 Å². The number of aryl methyl sites for hydroxylation is 2. The molecular formula is C13H17N3O2S. The molecule has 0 saturated heterocycles. The average molecular weight is 279 g/mol. The highest BCUT2D eigenvalue weighted by atomic mass is 32.2. The molecule has 0 unspecified atom stereocenters. The van der Waals surface area contributed by atoms with E-state index in [9.17, 15) is 8.42 Å². The van der Waals surface area contributed by atoms with E-state index in [-0.39, 0.29) is 4.90 Å². The van der Waals surface area contributed by atoms with Crippen LogP contribution in [0.3, 0.4) is 0 Å². The van der Waals surface area contributed by atoms with E-state index in [2.05, 4.69) is 10.2 Å². The van der Waals surface area contributed by atoms with Crippen molar-refractivity contribution in [2.75, 3.05) is 10.8 Å². The summed E-state index contributed by atoms with van der Waals surface area (Å²) in [5.74, 6) is 0. The van der Waals surface area contributed by atoms with Gasteiger partial charge in [-0.1, -0.05) is 6.07 Å². The predicted molar refractivity (Wildman–Crippen MR) is 74.7 cm³/mol. The predicted octanol–water partition coefficient (Wildman–Crippen LogP) is 2.24. The van der Waals surface area contributed by atoms with Gasteiger partial charge in [-0.2, -0.15) is 5.10 Å². The Bertz CT molecular complexity index is 643. The summed E-state index contributed by atoms with van der Waals surface area (Å²) in [6.07, 6.45) is 2.71. The number of sulfonamides is 1. The van der Waals surface area contributed by atoms with Crippen LogP contribution in [0.4, 0.5) is 5.69 Å². The topological polar surface area (TPSA) is 66.1 Å². The molecule has 0 fully saturated rings. The highest BCUT2D eigenvalue weighted by Gasteiger charge is 2.24. The maximum absolute atomic E-state index is 12.5. The molecule has 0 atom stereocenters. The van der Waals surface area contributed by atoms with Crippen LogP contribution in [0, 0.1) is 13.8 Å². The minimum absolute atomic E-state index is 0.175. The van der Waals surface area contributed by atoms with Gasteiger partial charge in [0, 0.05) is 12.7 Å². The lowest BCUT2D eigenvalue weighted by molar-refractivity contribution is 0.592. The molecule has 1 aromatic heterocycles. The maximum atomic E-state index is 12.5. The number of benzene rings is 1. The molecule has 0 radical (unpaired) electrons. The van der Waals surface area contributed by atoms with Gasteiger partial charge in [-0.15, -0.1) is 0 Å². The minimum atomic E-state index is -3.55. The van der Waals surface area contributed by atoms with Crippen LogP contribution < -0.4 is 4.31 Å². The third-order valence-electron chi connectivity index (χ3n) is 2.84. The zero-order valence-electron chi connectivity index (χ0n) is 11.2. The largest absolute Gasteiger partial charge is 0.284 e. The Morgan fingerprint density at radius 1 is 1.21 bits per heavy atom. The molecule has 19 heavy (non-hydrogen) atoms. The summed E-state index contributed by atoms with van der Waals surface area (Å²) in [7, 11) is -3.55. The number of aromatic amines is 1. The van der Waals surface area contributed by atoms with Crippen LogP contribution in [-0.2, 0) is 10.0 Å². The highest BCUT2D eigenvalue weighted by molar-refractivity contribution is 7.92. The smallest absolute Gasteiger partial charge is 0.267 e. The zero-order chi connectivity index (χ0) is 14.0. The van der Waals surface area contributed by atoms with Gasteiger partial charge in [-0.3, -0.25) is 9.40 Å². The normalized spacial score (nSPS) is 11.5.